The van der Waals surface area contributed by atoms with Crippen molar-refractivity contribution in [3.8, 4) is 33.4 Å². The molecule has 1 unspecified atom stereocenters. The Balaban J connectivity index is 0.000000147. The van der Waals surface area contributed by atoms with Crippen LogP contribution in [0.1, 0.15) is 213 Å². The fourth-order valence-corrected chi connectivity index (χ4v) is 18.4. The molecule has 3 aromatic carbocycles. The number of rotatable bonds is 24. The van der Waals surface area contributed by atoms with Gasteiger partial charge in [0.25, 0.3) is 0 Å². The number of anilines is 3. The highest BCUT2D eigenvalue weighted by atomic mass is 16.3. The quantitative estimate of drug-likeness (QED) is 0.0332. The van der Waals surface area contributed by atoms with Crippen LogP contribution >= 0.6 is 0 Å². The lowest BCUT2D eigenvalue weighted by Crippen LogP contribution is -2.43. The summed E-state index contributed by atoms with van der Waals surface area (Å²) in [5.74, 6) is 4.79. The van der Waals surface area contributed by atoms with Crippen LogP contribution in [-0.4, -0.2) is 224 Å². The summed E-state index contributed by atoms with van der Waals surface area (Å²) < 4.78 is 7.10. The molecule has 18 rings (SSSR count). The summed E-state index contributed by atoms with van der Waals surface area (Å²) in [6, 6.07) is 29.5. The Bertz CT molecular complexity index is 4010. The average Bonchev–Trinajstić information content (AvgIpc) is 1.62. The minimum atomic E-state index is -0.166. The van der Waals surface area contributed by atoms with Gasteiger partial charge < -0.3 is 59.7 Å². The molecule has 0 spiro atoms. The average molecular weight is 1560 g/mol. The zero-order chi connectivity index (χ0) is 76.1. The van der Waals surface area contributed by atoms with Crippen molar-refractivity contribution >= 4 is 50.9 Å². The number of fused-ring (bicyclic) bond motifs is 3. The molecular weight excluding hydrogens is 1420 g/mol. The van der Waals surface area contributed by atoms with Crippen molar-refractivity contribution in [3.63, 3.8) is 0 Å². The van der Waals surface area contributed by atoms with Crippen LogP contribution < -0.4 is 16.0 Å². The van der Waals surface area contributed by atoms with Crippen LogP contribution in [0.25, 0.3) is 66.5 Å². The van der Waals surface area contributed by atoms with Crippen molar-refractivity contribution in [1.29, 1.82) is 0 Å². The van der Waals surface area contributed by atoms with Crippen molar-refractivity contribution in [2.75, 3.05) is 116 Å². The third-order valence-electron chi connectivity index (χ3n) is 26.0. The van der Waals surface area contributed by atoms with Gasteiger partial charge in [-0.25, -0.2) is 15.0 Å². The second-order valence-electron chi connectivity index (χ2n) is 35.5. The van der Waals surface area contributed by atoms with Crippen LogP contribution in [0.2, 0.25) is 0 Å². The molecular formula is C93H138N18O3. The predicted molar refractivity (Wildman–Crippen MR) is 469 cm³/mol. The number of hydrogen-bond donors (Lipinski definition) is 6. The summed E-state index contributed by atoms with van der Waals surface area (Å²) in [5, 5.41) is 44.3. The Hall–Kier alpha value is -7.44. The SMILES string of the molecule is C.C.C.CC(CC1CC1)Nc1ncc2c(-c3ccc(CN4CCN(C)CC4)cc3)cn(C3CCC(O)CC3)c2n1.C[C@@H](CC1CC1)Nc1ncc2c(-c3ccc(CN4CCN(C)CC4)cc3)cn(C3CCC(O)CC3)c2n1.C[C@H](CC1CC1)Nc1ncc2c(-c3ccc(CN4CCN(C)CC4)cc3)cn(C3CCC(O)CC3)c2n1. The molecule has 3 aliphatic heterocycles. The van der Waals surface area contributed by atoms with Gasteiger partial charge in [-0.3, -0.25) is 14.7 Å². The van der Waals surface area contributed by atoms with Crippen LogP contribution in [0.5, 0.6) is 0 Å². The Morgan fingerprint density at radius 3 is 0.798 bits per heavy atom. The van der Waals surface area contributed by atoms with E-state index in [1.165, 1.54) is 108 Å². The first-order valence-electron chi connectivity index (χ1n) is 43.0. The molecule has 3 saturated heterocycles. The Kier molecular flexibility index (Phi) is 28.7. The first kappa shape index (κ1) is 84.5. The molecule has 9 heterocycles. The van der Waals surface area contributed by atoms with E-state index in [0.717, 1.165) is 244 Å². The second-order valence-corrected chi connectivity index (χ2v) is 35.5. The molecule has 6 N–H and O–H groups in total. The van der Waals surface area contributed by atoms with Gasteiger partial charge in [0.05, 0.1) is 18.3 Å². The highest BCUT2D eigenvalue weighted by Crippen LogP contribution is 2.43. The van der Waals surface area contributed by atoms with E-state index in [-0.39, 0.29) is 40.6 Å². The number of likely N-dealkylation sites (N-methyl/N-ethyl adjacent to an activating group) is 3. The molecule has 9 aliphatic rings. The van der Waals surface area contributed by atoms with Crippen LogP contribution in [0.3, 0.4) is 0 Å². The van der Waals surface area contributed by atoms with Gasteiger partial charge in [0, 0.05) is 204 Å². The molecule has 6 saturated carbocycles. The summed E-state index contributed by atoms with van der Waals surface area (Å²) in [5.41, 5.74) is 14.4. The summed E-state index contributed by atoms with van der Waals surface area (Å²) >= 11 is 0. The molecule has 3 atom stereocenters. The standard InChI is InChI=1S/3C30H42N6O.3CH4/c3*1-21(17-22-3-4-22)32-30-31-18-27-28(20-36(29(27)33-30)25-9-11-26(37)12-10-25)24-7-5-23(6-8-24)19-35-15-13-34(2)14-16-35;;;/h3*5-8,18,20-22,25-26,37H,3-4,9-17,19H2,1-2H3,(H,31,32,33);3*1H4/t2*21-,25?,26?;;;;/m10..../s1. The molecule has 6 aliphatic carbocycles. The van der Waals surface area contributed by atoms with E-state index in [4.69, 9.17) is 29.9 Å². The van der Waals surface area contributed by atoms with Crippen LogP contribution in [0.4, 0.5) is 17.8 Å². The van der Waals surface area contributed by atoms with Crippen LogP contribution in [0.15, 0.2) is 110 Å². The number of nitrogens with zero attached hydrogens (tertiary/aromatic N) is 15. The zero-order valence-electron chi connectivity index (χ0n) is 67.3. The smallest absolute Gasteiger partial charge is 0.224 e. The number of piperazine rings is 3. The molecule has 21 heteroatoms. The maximum Gasteiger partial charge on any atom is 0.224 e. The van der Waals surface area contributed by atoms with E-state index in [1.54, 1.807) is 0 Å². The summed E-state index contributed by atoms with van der Waals surface area (Å²) in [6.07, 6.45) is 35.2. The number of benzene rings is 3. The maximum absolute atomic E-state index is 10.1. The first-order chi connectivity index (χ1) is 54.0. The van der Waals surface area contributed by atoms with E-state index in [1.807, 2.05) is 18.6 Å². The highest BCUT2D eigenvalue weighted by molar-refractivity contribution is 5.96. The Morgan fingerprint density at radius 2 is 0.570 bits per heavy atom. The number of aromatic nitrogens is 9. The summed E-state index contributed by atoms with van der Waals surface area (Å²) in [4.78, 5) is 44.2. The van der Waals surface area contributed by atoms with Gasteiger partial charge in [-0.15, -0.1) is 0 Å². The lowest BCUT2D eigenvalue weighted by Gasteiger charge is -2.32. The minimum Gasteiger partial charge on any atom is -0.393 e. The maximum atomic E-state index is 10.1. The van der Waals surface area contributed by atoms with Crippen molar-refractivity contribution in [2.45, 2.75) is 252 Å². The highest BCUT2D eigenvalue weighted by Gasteiger charge is 2.32. The molecule has 21 nitrogen and oxygen atoms in total. The fourth-order valence-electron chi connectivity index (χ4n) is 18.4. The molecule has 9 fully saturated rings. The van der Waals surface area contributed by atoms with Gasteiger partial charge >= 0.3 is 0 Å². The minimum absolute atomic E-state index is 0. The molecule has 0 bridgehead atoms. The summed E-state index contributed by atoms with van der Waals surface area (Å²) in [7, 11) is 6.61. The Labute approximate surface area is 681 Å². The van der Waals surface area contributed by atoms with E-state index in [0.29, 0.717) is 36.3 Å². The van der Waals surface area contributed by atoms with E-state index >= 15 is 0 Å². The monoisotopic (exact) mass is 1560 g/mol. The van der Waals surface area contributed by atoms with Crippen LogP contribution in [-0.2, 0) is 19.6 Å². The Morgan fingerprint density at radius 1 is 0.333 bits per heavy atom. The number of nitrogens with one attached hydrogen (secondary N) is 3. The van der Waals surface area contributed by atoms with Gasteiger partial charge in [0.2, 0.25) is 17.8 Å². The van der Waals surface area contributed by atoms with Gasteiger partial charge in [-0.1, -0.05) is 134 Å². The fraction of sp³-hybridized carbons (Fsp3) is 0.613. The lowest BCUT2D eigenvalue weighted by molar-refractivity contribution is 0.111. The van der Waals surface area contributed by atoms with Crippen molar-refractivity contribution in [1.82, 2.24) is 73.0 Å². The number of hydrogen-bond acceptors (Lipinski definition) is 18. The lowest BCUT2D eigenvalue weighted by atomic mass is 9.93. The molecule has 114 heavy (non-hydrogen) atoms. The van der Waals surface area contributed by atoms with Gasteiger partial charge in [-0.2, -0.15) is 15.0 Å². The normalized spacial score (nSPS) is 23.8. The molecule has 6 aromatic heterocycles. The third-order valence-corrected chi connectivity index (χ3v) is 26.0. The molecule has 618 valence electrons. The molecule has 0 amide bonds. The van der Waals surface area contributed by atoms with Gasteiger partial charge in [0.15, 0.2) is 0 Å². The predicted octanol–water partition coefficient (Wildman–Crippen LogP) is 16.7. The van der Waals surface area contributed by atoms with Crippen LogP contribution in [0, 0.1) is 17.8 Å². The summed E-state index contributed by atoms with van der Waals surface area (Å²) in [6.45, 7) is 23.4. The topological polar surface area (TPSA) is 208 Å². The van der Waals surface area contributed by atoms with Gasteiger partial charge in [0.1, 0.15) is 16.9 Å². The molecule has 9 aromatic rings. The second kappa shape index (κ2) is 38.8. The van der Waals surface area contributed by atoms with Crippen molar-refractivity contribution < 1.29 is 15.3 Å². The van der Waals surface area contributed by atoms with Crippen molar-refractivity contribution in [2.24, 2.45) is 17.8 Å². The number of aliphatic hydroxyl groups is 3. The zero-order valence-corrected chi connectivity index (χ0v) is 67.3. The largest absolute Gasteiger partial charge is 0.393 e. The first-order valence-corrected chi connectivity index (χ1v) is 43.0. The molecule has 0 radical (unpaired) electrons. The van der Waals surface area contributed by atoms with Crippen molar-refractivity contribution in [3.05, 3.63) is 127 Å². The third kappa shape index (κ3) is 21.8. The number of aliphatic hydroxyl groups excluding tert-OH is 3. The van der Waals surface area contributed by atoms with Gasteiger partial charge in [-0.05, 0) is 189 Å². The van der Waals surface area contributed by atoms with E-state index in [9.17, 15) is 15.3 Å². The van der Waals surface area contributed by atoms with E-state index in [2.05, 4.69) is 192 Å². The van der Waals surface area contributed by atoms with E-state index < -0.39 is 0 Å².